The summed E-state index contributed by atoms with van der Waals surface area (Å²) < 4.78 is 3.23. The van der Waals surface area contributed by atoms with E-state index in [0.29, 0.717) is 31.3 Å². The van der Waals surface area contributed by atoms with E-state index in [0.717, 1.165) is 24.4 Å². The Hall–Kier alpha value is -2.37. The maximum Gasteiger partial charge on any atom is 0.350 e. The summed E-state index contributed by atoms with van der Waals surface area (Å²) in [7, 11) is 0. The third kappa shape index (κ3) is 4.31. The fourth-order valence-corrected chi connectivity index (χ4v) is 4.02. The Kier molecular flexibility index (Phi) is 5.41. The third-order valence-electron chi connectivity index (χ3n) is 5.67. The van der Waals surface area contributed by atoms with Gasteiger partial charge in [0.25, 0.3) is 0 Å². The van der Waals surface area contributed by atoms with Crippen LogP contribution in [0.1, 0.15) is 63.1 Å². The monoisotopic (exact) mass is 368 g/mol. The highest BCUT2D eigenvalue weighted by molar-refractivity contribution is 5.76. The minimum atomic E-state index is -0.121. The molecule has 1 aromatic heterocycles. The van der Waals surface area contributed by atoms with Gasteiger partial charge in [0.2, 0.25) is 5.91 Å². The molecule has 2 aliphatic rings. The first-order valence-electron chi connectivity index (χ1n) is 10.2. The van der Waals surface area contributed by atoms with Crippen LogP contribution in [-0.4, -0.2) is 26.8 Å². The Bertz CT molecular complexity index is 830. The summed E-state index contributed by atoms with van der Waals surface area (Å²) >= 11 is 0. The van der Waals surface area contributed by atoms with Gasteiger partial charge in [0.1, 0.15) is 5.82 Å². The van der Waals surface area contributed by atoms with E-state index >= 15 is 0 Å². The van der Waals surface area contributed by atoms with Gasteiger partial charge in [-0.3, -0.25) is 4.79 Å². The summed E-state index contributed by atoms with van der Waals surface area (Å²) in [5.74, 6) is 1.85. The molecule has 1 heterocycles. The molecule has 1 amide bonds. The topological polar surface area (TPSA) is 68.9 Å². The van der Waals surface area contributed by atoms with Crippen molar-refractivity contribution in [3.63, 3.8) is 0 Å². The SMILES string of the molecule is O=C(CC1CCCCC1)NCCn1nc(C2CC2)n(-c2ccccc2)c1=O. The number of hydrogen-bond donors (Lipinski definition) is 1. The number of carbonyl (C=O) groups is 1. The van der Waals surface area contributed by atoms with Crippen molar-refractivity contribution in [1.82, 2.24) is 19.7 Å². The average molecular weight is 368 g/mol. The van der Waals surface area contributed by atoms with Crippen molar-refractivity contribution in [1.29, 1.82) is 0 Å². The van der Waals surface area contributed by atoms with Gasteiger partial charge in [-0.05, 0) is 43.7 Å². The van der Waals surface area contributed by atoms with Crippen LogP contribution in [0.3, 0.4) is 0 Å². The predicted molar refractivity (Wildman–Crippen MR) is 104 cm³/mol. The van der Waals surface area contributed by atoms with E-state index in [4.69, 9.17) is 0 Å². The van der Waals surface area contributed by atoms with E-state index in [2.05, 4.69) is 10.4 Å². The molecule has 2 fully saturated rings. The molecule has 0 bridgehead atoms. The first-order valence-corrected chi connectivity index (χ1v) is 10.2. The van der Waals surface area contributed by atoms with E-state index in [9.17, 15) is 9.59 Å². The van der Waals surface area contributed by atoms with Crippen LogP contribution in [0.2, 0.25) is 0 Å². The zero-order valence-electron chi connectivity index (χ0n) is 15.8. The van der Waals surface area contributed by atoms with Crippen molar-refractivity contribution < 1.29 is 4.79 Å². The molecule has 6 nitrogen and oxygen atoms in total. The van der Waals surface area contributed by atoms with Gasteiger partial charge in [0.05, 0.1) is 12.2 Å². The summed E-state index contributed by atoms with van der Waals surface area (Å²) in [5.41, 5.74) is 0.738. The number of carbonyl (C=O) groups excluding carboxylic acids is 1. The molecule has 0 aliphatic heterocycles. The largest absolute Gasteiger partial charge is 0.354 e. The summed E-state index contributed by atoms with van der Waals surface area (Å²) in [6.07, 6.45) is 8.90. The van der Waals surface area contributed by atoms with E-state index in [1.807, 2.05) is 30.3 Å². The summed E-state index contributed by atoms with van der Waals surface area (Å²) in [4.78, 5) is 25.0. The molecule has 1 N–H and O–H groups in total. The molecule has 27 heavy (non-hydrogen) atoms. The standard InChI is InChI=1S/C21H28N4O2/c26-19(15-16-7-3-1-4-8-16)22-13-14-24-21(27)25(18-9-5-2-6-10-18)20(23-24)17-11-12-17/h2,5-6,9-10,16-17H,1,3-4,7-8,11-15H2,(H,22,26). The number of nitrogens with one attached hydrogen (secondary N) is 1. The number of benzene rings is 1. The fraction of sp³-hybridized carbons (Fsp3) is 0.571. The molecule has 0 unspecified atom stereocenters. The number of para-hydroxylation sites is 1. The van der Waals surface area contributed by atoms with Gasteiger partial charge in [-0.25, -0.2) is 14.0 Å². The lowest BCUT2D eigenvalue weighted by Gasteiger charge is -2.20. The summed E-state index contributed by atoms with van der Waals surface area (Å²) in [6, 6.07) is 9.68. The van der Waals surface area contributed by atoms with Gasteiger partial charge in [-0.15, -0.1) is 0 Å². The minimum absolute atomic E-state index is 0.0971. The zero-order chi connectivity index (χ0) is 18.6. The summed E-state index contributed by atoms with van der Waals surface area (Å²) in [5, 5.41) is 7.55. The second kappa shape index (κ2) is 8.11. The van der Waals surface area contributed by atoms with Crippen molar-refractivity contribution in [2.75, 3.05) is 6.54 Å². The Labute approximate surface area is 159 Å². The van der Waals surface area contributed by atoms with Crippen molar-refractivity contribution in [3.05, 3.63) is 46.6 Å². The molecule has 4 rings (SSSR count). The first kappa shape index (κ1) is 18.0. The smallest absolute Gasteiger partial charge is 0.350 e. The van der Waals surface area contributed by atoms with E-state index in [1.165, 1.54) is 36.8 Å². The highest BCUT2D eigenvalue weighted by Crippen LogP contribution is 2.39. The molecule has 2 aliphatic carbocycles. The molecule has 1 aromatic carbocycles. The van der Waals surface area contributed by atoms with Gasteiger partial charge in [-0.1, -0.05) is 37.5 Å². The van der Waals surface area contributed by atoms with Crippen molar-refractivity contribution in [2.45, 2.75) is 63.8 Å². The van der Waals surface area contributed by atoms with Gasteiger partial charge in [0, 0.05) is 18.9 Å². The van der Waals surface area contributed by atoms with Crippen LogP contribution in [-0.2, 0) is 11.3 Å². The van der Waals surface area contributed by atoms with Crippen LogP contribution >= 0.6 is 0 Å². The number of hydrogen-bond acceptors (Lipinski definition) is 3. The molecular weight excluding hydrogens is 340 g/mol. The predicted octanol–water partition coefficient (Wildman–Crippen LogP) is 3.00. The molecule has 0 spiro atoms. The Morgan fingerprint density at radius 2 is 1.81 bits per heavy atom. The molecule has 0 saturated heterocycles. The van der Waals surface area contributed by atoms with Crippen LogP contribution in [0.15, 0.2) is 35.1 Å². The van der Waals surface area contributed by atoms with Crippen LogP contribution in [0.5, 0.6) is 0 Å². The molecule has 144 valence electrons. The average Bonchev–Trinajstić information content (AvgIpc) is 3.48. The molecular formula is C21H28N4O2. The van der Waals surface area contributed by atoms with Crippen molar-refractivity contribution in [2.24, 2.45) is 5.92 Å². The maximum atomic E-state index is 12.9. The number of amides is 1. The quantitative estimate of drug-likeness (QED) is 0.817. The van der Waals surface area contributed by atoms with Gasteiger partial charge in [-0.2, -0.15) is 5.10 Å². The number of aromatic nitrogens is 3. The molecule has 2 saturated carbocycles. The maximum absolute atomic E-state index is 12.9. The van der Waals surface area contributed by atoms with E-state index in [-0.39, 0.29) is 11.6 Å². The Morgan fingerprint density at radius 1 is 1.07 bits per heavy atom. The van der Waals surface area contributed by atoms with Crippen LogP contribution in [0, 0.1) is 5.92 Å². The highest BCUT2D eigenvalue weighted by Gasteiger charge is 2.31. The van der Waals surface area contributed by atoms with E-state index < -0.39 is 0 Å². The van der Waals surface area contributed by atoms with Crippen LogP contribution < -0.4 is 11.0 Å². The Morgan fingerprint density at radius 3 is 2.52 bits per heavy atom. The van der Waals surface area contributed by atoms with Gasteiger partial charge >= 0.3 is 5.69 Å². The molecule has 0 radical (unpaired) electrons. The third-order valence-corrected chi connectivity index (χ3v) is 5.67. The second-order valence-corrected chi connectivity index (χ2v) is 7.87. The zero-order valence-corrected chi connectivity index (χ0v) is 15.8. The lowest BCUT2D eigenvalue weighted by atomic mass is 9.87. The Balaban J connectivity index is 1.39. The normalized spacial score (nSPS) is 17.8. The first-order chi connectivity index (χ1) is 13.2. The van der Waals surface area contributed by atoms with Crippen LogP contribution in [0.25, 0.3) is 5.69 Å². The minimum Gasteiger partial charge on any atom is -0.354 e. The fourth-order valence-electron chi connectivity index (χ4n) is 4.02. The lowest BCUT2D eigenvalue weighted by molar-refractivity contribution is -0.122. The molecule has 0 atom stereocenters. The number of nitrogens with zero attached hydrogens (tertiary/aromatic N) is 3. The second-order valence-electron chi connectivity index (χ2n) is 7.87. The van der Waals surface area contributed by atoms with Gasteiger partial charge in [0.15, 0.2) is 0 Å². The molecule has 6 heteroatoms. The number of rotatable bonds is 7. The van der Waals surface area contributed by atoms with Crippen LogP contribution in [0.4, 0.5) is 0 Å². The van der Waals surface area contributed by atoms with Gasteiger partial charge < -0.3 is 5.32 Å². The van der Waals surface area contributed by atoms with Crippen molar-refractivity contribution in [3.8, 4) is 5.69 Å². The highest BCUT2D eigenvalue weighted by atomic mass is 16.2. The molecule has 2 aromatic rings. The lowest BCUT2D eigenvalue weighted by Crippen LogP contribution is -2.33. The summed E-state index contributed by atoms with van der Waals surface area (Å²) in [6.45, 7) is 0.857. The van der Waals surface area contributed by atoms with Crippen molar-refractivity contribution >= 4 is 5.91 Å². The van der Waals surface area contributed by atoms with E-state index in [1.54, 1.807) is 4.57 Å².